The highest BCUT2D eigenvalue weighted by atomic mass is 32.1. The van der Waals surface area contributed by atoms with E-state index in [0.717, 1.165) is 16.5 Å². The molecule has 1 aromatic heterocycles. The van der Waals surface area contributed by atoms with E-state index >= 15 is 0 Å². The van der Waals surface area contributed by atoms with Gasteiger partial charge in [-0.1, -0.05) is 0 Å². The Kier molecular flexibility index (Phi) is 6.54. The zero-order valence-corrected chi connectivity index (χ0v) is 10.5. The highest BCUT2D eigenvalue weighted by molar-refractivity contribution is 7.10. The van der Waals surface area contributed by atoms with E-state index in [4.69, 9.17) is 14.6 Å². The summed E-state index contributed by atoms with van der Waals surface area (Å²) in [6.45, 7) is 4.37. The number of hydrogen-bond donors (Lipinski definition) is 1. The summed E-state index contributed by atoms with van der Waals surface area (Å²) in [6, 6.07) is 1.92. The minimum absolute atomic E-state index is 0.540. The van der Waals surface area contributed by atoms with E-state index in [9.17, 15) is 4.79 Å². The van der Waals surface area contributed by atoms with Crippen molar-refractivity contribution in [2.45, 2.75) is 13.5 Å². The van der Waals surface area contributed by atoms with Crippen molar-refractivity contribution >= 4 is 23.4 Å². The molecule has 0 aromatic carbocycles. The summed E-state index contributed by atoms with van der Waals surface area (Å²) in [5, 5.41) is 10.4. The molecule has 0 spiro atoms. The summed E-state index contributed by atoms with van der Waals surface area (Å²) in [5.74, 6) is -0.939. The minimum atomic E-state index is -0.939. The Bertz CT molecular complexity index is 370. The summed E-state index contributed by atoms with van der Waals surface area (Å²) in [6.07, 6.45) is 2.70. The van der Waals surface area contributed by atoms with E-state index < -0.39 is 5.97 Å². The highest BCUT2D eigenvalue weighted by Crippen LogP contribution is 2.16. The molecular weight excluding hydrogens is 240 g/mol. The van der Waals surface area contributed by atoms with Gasteiger partial charge in [-0.3, -0.25) is 0 Å². The van der Waals surface area contributed by atoms with Gasteiger partial charge >= 0.3 is 5.97 Å². The summed E-state index contributed by atoms with van der Waals surface area (Å²) >= 11 is 1.56. The lowest BCUT2D eigenvalue weighted by atomic mass is 10.3. The third-order valence-corrected chi connectivity index (χ3v) is 2.84. The van der Waals surface area contributed by atoms with Crippen molar-refractivity contribution in [1.29, 1.82) is 0 Å². The van der Waals surface area contributed by atoms with Crippen molar-refractivity contribution in [1.82, 2.24) is 0 Å². The molecule has 1 rings (SSSR count). The van der Waals surface area contributed by atoms with E-state index in [0.29, 0.717) is 26.4 Å². The third kappa shape index (κ3) is 6.21. The molecule has 0 saturated carbocycles. The van der Waals surface area contributed by atoms with Crippen molar-refractivity contribution in [3.8, 4) is 0 Å². The van der Waals surface area contributed by atoms with E-state index in [1.54, 1.807) is 17.4 Å². The number of aliphatic carboxylic acids is 1. The molecule has 1 aromatic rings. The fraction of sp³-hybridized carbons (Fsp3) is 0.417. The Morgan fingerprint density at radius 2 is 2.24 bits per heavy atom. The highest BCUT2D eigenvalue weighted by Gasteiger charge is 1.98. The summed E-state index contributed by atoms with van der Waals surface area (Å²) < 4.78 is 10.5. The van der Waals surface area contributed by atoms with Gasteiger partial charge in [0.2, 0.25) is 0 Å². The van der Waals surface area contributed by atoms with Gasteiger partial charge in [-0.15, -0.1) is 11.3 Å². The zero-order valence-electron chi connectivity index (χ0n) is 9.72. The molecule has 0 atom stereocenters. The first-order valence-corrected chi connectivity index (χ1v) is 6.24. The number of thiophene rings is 1. The standard InChI is InChI=1S/C12H16O4S/c1-2-15-5-6-16-8-11-7-10(9-17-11)3-4-12(13)14/h3-4,7,9H,2,5-6,8H2,1H3,(H,13,14). The number of hydrogen-bond acceptors (Lipinski definition) is 4. The molecule has 0 fully saturated rings. The van der Waals surface area contributed by atoms with E-state index in [2.05, 4.69) is 0 Å². The van der Waals surface area contributed by atoms with E-state index in [1.807, 2.05) is 18.4 Å². The number of carbonyl (C=O) groups is 1. The smallest absolute Gasteiger partial charge is 0.328 e. The van der Waals surface area contributed by atoms with Crippen LogP contribution >= 0.6 is 11.3 Å². The first-order chi connectivity index (χ1) is 8.22. The molecule has 0 radical (unpaired) electrons. The van der Waals surface area contributed by atoms with Crippen LogP contribution in [-0.2, 0) is 20.9 Å². The lowest BCUT2D eigenvalue weighted by Crippen LogP contribution is -2.03. The maximum absolute atomic E-state index is 10.3. The van der Waals surface area contributed by atoms with Crippen LogP contribution in [-0.4, -0.2) is 30.9 Å². The largest absolute Gasteiger partial charge is 0.478 e. The van der Waals surface area contributed by atoms with Crippen molar-refractivity contribution in [2.75, 3.05) is 19.8 Å². The van der Waals surface area contributed by atoms with Crippen molar-refractivity contribution < 1.29 is 19.4 Å². The second-order valence-corrected chi connectivity index (χ2v) is 4.26. The molecule has 17 heavy (non-hydrogen) atoms. The van der Waals surface area contributed by atoms with Crippen LogP contribution < -0.4 is 0 Å². The fourth-order valence-electron chi connectivity index (χ4n) is 1.16. The summed E-state index contributed by atoms with van der Waals surface area (Å²) in [5.41, 5.74) is 0.890. The lowest BCUT2D eigenvalue weighted by molar-refractivity contribution is -0.131. The molecule has 0 aliphatic rings. The molecule has 0 bridgehead atoms. The van der Waals surface area contributed by atoms with Gasteiger partial charge < -0.3 is 14.6 Å². The molecule has 0 aliphatic carbocycles. The van der Waals surface area contributed by atoms with Crippen LogP contribution in [0, 0.1) is 0 Å². The van der Waals surface area contributed by atoms with Crippen LogP contribution in [0.4, 0.5) is 0 Å². The molecule has 4 nitrogen and oxygen atoms in total. The Morgan fingerprint density at radius 3 is 2.94 bits per heavy atom. The average Bonchev–Trinajstić information content (AvgIpc) is 2.74. The SMILES string of the molecule is CCOCCOCc1cc(C=CC(=O)O)cs1. The summed E-state index contributed by atoms with van der Waals surface area (Å²) in [4.78, 5) is 11.4. The van der Waals surface area contributed by atoms with Gasteiger partial charge in [0.25, 0.3) is 0 Å². The molecule has 0 saturated heterocycles. The van der Waals surface area contributed by atoms with Gasteiger partial charge in [-0.05, 0) is 30.0 Å². The molecule has 0 aliphatic heterocycles. The second kappa shape index (κ2) is 8.00. The maximum Gasteiger partial charge on any atom is 0.328 e. The van der Waals surface area contributed by atoms with Gasteiger partial charge in [0.1, 0.15) is 0 Å². The molecule has 94 valence electrons. The van der Waals surface area contributed by atoms with Crippen LogP contribution in [0.2, 0.25) is 0 Å². The van der Waals surface area contributed by atoms with Crippen molar-refractivity contribution in [3.63, 3.8) is 0 Å². The molecule has 0 amide bonds. The zero-order chi connectivity index (χ0) is 12.5. The number of carboxylic acids is 1. The average molecular weight is 256 g/mol. The van der Waals surface area contributed by atoms with Crippen LogP contribution in [0.5, 0.6) is 0 Å². The minimum Gasteiger partial charge on any atom is -0.478 e. The van der Waals surface area contributed by atoms with Crippen molar-refractivity contribution in [2.24, 2.45) is 0 Å². The Labute approximate surface area is 104 Å². The predicted octanol–water partition coefficient (Wildman–Crippen LogP) is 2.40. The first-order valence-electron chi connectivity index (χ1n) is 5.36. The van der Waals surface area contributed by atoms with E-state index in [1.165, 1.54) is 0 Å². The van der Waals surface area contributed by atoms with Gasteiger partial charge in [0.05, 0.1) is 19.8 Å². The monoisotopic (exact) mass is 256 g/mol. The normalized spacial score (nSPS) is 11.1. The van der Waals surface area contributed by atoms with Gasteiger partial charge in [-0.25, -0.2) is 4.79 Å². The number of carboxylic acid groups (broad SMARTS) is 1. The van der Waals surface area contributed by atoms with Crippen LogP contribution in [0.15, 0.2) is 17.5 Å². The third-order valence-electron chi connectivity index (χ3n) is 1.91. The predicted molar refractivity (Wildman–Crippen MR) is 67.1 cm³/mol. The molecule has 1 N–H and O–H groups in total. The van der Waals surface area contributed by atoms with Gasteiger partial charge in [0, 0.05) is 17.6 Å². The second-order valence-electron chi connectivity index (χ2n) is 3.27. The van der Waals surface area contributed by atoms with Crippen LogP contribution in [0.25, 0.3) is 6.08 Å². The topological polar surface area (TPSA) is 55.8 Å². The van der Waals surface area contributed by atoms with Crippen LogP contribution in [0.3, 0.4) is 0 Å². The fourth-order valence-corrected chi connectivity index (χ4v) is 1.95. The Hall–Kier alpha value is -1.17. The van der Waals surface area contributed by atoms with Crippen LogP contribution in [0.1, 0.15) is 17.4 Å². The lowest BCUT2D eigenvalue weighted by Gasteiger charge is -2.01. The first kappa shape index (κ1) is 13.9. The molecule has 5 heteroatoms. The molecule has 0 unspecified atom stereocenters. The Morgan fingerprint density at radius 1 is 1.47 bits per heavy atom. The maximum atomic E-state index is 10.3. The quantitative estimate of drug-likeness (QED) is 0.573. The van der Waals surface area contributed by atoms with Gasteiger partial charge in [0.15, 0.2) is 0 Å². The molecule has 1 heterocycles. The van der Waals surface area contributed by atoms with E-state index in [-0.39, 0.29) is 0 Å². The number of ether oxygens (including phenoxy) is 2. The number of rotatable bonds is 8. The molecular formula is C12H16O4S. The van der Waals surface area contributed by atoms with Gasteiger partial charge in [-0.2, -0.15) is 0 Å². The van der Waals surface area contributed by atoms with Crippen molar-refractivity contribution in [3.05, 3.63) is 28.0 Å². The Balaban J connectivity index is 2.28. The summed E-state index contributed by atoms with van der Waals surface area (Å²) in [7, 11) is 0.